The Hall–Kier alpha value is -3.49. The Balaban J connectivity index is 1.46. The summed E-state index contributed by atoms with van der Waals surface area (Å²) in [6, 6.07) is 8.14. The van der Waals surface area contributed by atoms with Gasteiger partial charge in [-0.1, -0.05) is 19.3 Å². The predicted molar refractivity (Wildman–Crippen MR) is 132 cm³/mol. The monoisotopic (exact) mass is 460 g/mol. The first-order valence-corrected chi connectivity index (χ1v) is 12.0. The fourth-order valence-corrected chi connectivity index (χ4v) is 4.98. The second-order valence-electron chi connectivity index (χ2n) is 9.80. The Bertz CT molecular complexity index is 1210. The van der Waals surface area contributed by atoms with Crippen LogP contribution < -0.4 is 10.2 Å². The van der Waals surface area contributed by atoms with E-state index < -0.39 is 5.54 Å². The minimum absolute atomic E-state index is 0.0115. The Morgan fingerprint density at radius 1 is 1.03 bits per heavy atom. The third kappa shape index (κ3) is 3.78. The predicted octanol–water partition coefficient (Wildman–Crippen LogP) is 4.76. The fraction of sp³-hybridized carbons (Fsp3) is 0.480. The molecule has 0 bridgehead atoms. The van der Waals surface area contributed by atoms with Gasteiger partial charge in [0.05, 0.1) is 5.54 Å². The van der Waals surface area contributed by atoms with Crippen LogP contribution in [0.1, 0.15) is 57.3 Å². The van der Waals surface area contributed by atoms with Gasteiger partial charge in [0.15, 0.2) is 5.82 Å². The number of nitrogens with zero attached hydrogens (tertiary/aromatic N) is 7. The van der Waals surface area contributed by atoms with Crippen molar-refractivity contribution in [3.05, 3.63) is 41.9 Å². The molecule has 3 aromatic rings. The van der Waals surface area contributed by atoms with Gasteiger partial charge in [-0.3, -0.25) is 4.90 Å². The number of amides is 2. The SMILES string of the molecule is Cc1nc(-c2ccc(Nc3ncc4c(n3)N(C3CCCCC3)C(=O)N(C)C4(C)C)cc2)n(C)n1. The van der Waals surface area contributed by atoms with Crippen LogP contribution in [0.15, 0.2) is 30.5 Å². The highest BCUT2D eigenvalue weighted by Gasteiger charge is 2.45. The molecule has 0 atom stereocenters. The van der Waals surface area contributed by atoms with E-state index in [-0.39, 0.29) is 12.1 Å². The molecule has 178 valence electrons. The molecule has 5 rings (SSSR count). The van der Waals surface area contributed by atoms with Gasteiger partial charge in [-0.05, 0) is 57.9 Å². The molecule has 34 heavy (non-hydrogen) atoms. The van der Waals surface area contributed by atoms with Gasteiger partial charge in [0.2, 0.25) is 5.95 Å². The lowest BCUT2D eigenvalue weighted by Gasteiger charge is -2.47. The number of aromatic nitrogens is 5. The van der Waals surface area contributed by atoms with Crippen molar-refractivity contribution in [2.75, 3.05) is 17.3 Å². The van der Waals surface area contributed by atoms with Gasteiger partial charge in [-0.15, -0.1) is 0 Å². The molecule has 0 saturated heterocycles. The standard InChI is InChI=1S/C25H32N8O/c1-16-27-21(32(5)30-16)17-11-13-18(14-12-17)28-23-26-15-20-22(29-23)33(19-9-7-6-8-10-19)24(34)31(4)25(20,2)3/h11-15,19H,6-10H2,1-5H3,(H,26,28,29). The van der Waals surface area contributed by atoms with E-state index in [0.717, 1.165) is 60.0 Å². The van der Waals surface area contributed by atoms with Gasteiger partial charge >= 0.3 is 6.03 Å². The molecule has 0 spiro atoms. The molecule has 2 aliphatic rings. The van der Waals surface area contributed by atoms with Crippen molar-refractivity contribution < 1.29 is 4.79 Å². The normalized spacial score (nSPS) is 18.2. The van der Waals surface area contributed by atoms with E-state index in [9.17, 15) is 4.79 Å². The van der Waals surface area contributed by atoms with Crippen LogP contribution in [-0.4, -0.2) is 48.8 Å². The lowest BCUT2D eigenvalue weighted by atomic mass is 9.89. The maximum absolute atomic E-state index is 13.4. The van der Waals surface area contributed by atoms with Crippen LogP contribution in [0.3, 0.4) is 0 Å². The molecule has 1 aromatic carbocycles. The quantitative estimate of drug-likeness (QED) is 0.603. The number of fused-ring (bicyclic) bond motifs is 1. The van der Waals surface area contributed by atoms with E-state index in [4.69, 9.17) is 4.98 Å². The molecular weight excluding hydrogens is 428 g/mol. The molecule has 9 heteroatoms. The lowest BCUT2D eigenvalue weighted by Crippen LogP contribution is -2.58. The Labute approximate surface area is 200 Å². The summed E-state index contributed by atoms with van der Waals surface area (Å²) in [5.74, 6) is 2.77. The third-order valence-electron chi connectivity index (χ3n) is 7.20. The highest BCUT2D eigenvalue weighted by atomic mass is 16.2. The molecule has 3 heterocycles. The highest BCUT2D eigenvalue weighted by Crippen LogP contribution is 2.41. The van der Waals surface area contributed by atoms with Gasteiger partial charge in [-0.25, -0.2) is 19.4 Å². The second-order valence-corrected chi connectivity index (χ2v) is 9.80. The Morgan fingerprint density at radius 3 is 2.38 bits per heavy atom. The molecule has 1 N–H and O–H groups in total. The number of carbonyl (C=O) groups excluding carboxylic acids is 1. The van der Waals surface area contributed by atoms with Crippen LogP contribution in [0.4, 0.5) is 22.2 Å². The van der Waals surface area contributed by atoms with Crippen molar-refractivity contribution in [3.63, 3.8) is 0 Å². The zero-order valence-electron chi connectivity index (χ0n) is 20.5. The minimum atomic E-state index is -0.480. The van der Waals surface area contributed by atoms with Crippen molar-refractivity contribution in [1.82, 2.24) is 29.6 Å². The van der Waals surface area contributed by atoms with Crippen LogP contribution in [0.5, 0.6) is 0 Å². The fourth-order valence-electron chi connectivity index (χ4n) is 4.98. The molecule has 9 nitrogen and oxygen atoms in total. The first-order chi connectivity index (χ1) is 16.3. The van der Waals surface area contributed by atoms with Gasteiger partial charge in [0.25, 0.3) is 0 Å². The molecule has 0 unspecified atom stereocenters. The summed E-state index contributed by atoms with van der Waals surface area (Å²) in [6.07, 6.45) is 7.40. The zero-order valence-corrected chi connectivity index (χ0v) is 20.5. The number of carbonyl (C=O) groups is 1. The molecule has 0 radical (unpaired) electrons. The van der Waals surface area contributed by atoms with Gasteiger partial charge in [0.1, 0.15) is 11.6 Å². The van der Waals surface area contributed by atoms with Crippen LogP contribution in [0.2, 0.25) is 0 Å². The van der Waals surface area contributed by atoms with Gasteiger partial charge in [0, 0.05) is 43.1 Å². The summed E-state index contributed by atoms with van der Waals surface area (Å²) in [7, 11) is 3.76. The van der Waals surface area contributed by atoms with Gasteiger partial charge < -0.3 is 10.2 Å². The molecule has 2 aromatic heterocycles. The van der Waals surface area contributed by atoms with E-state index in [1.807, 2.05) is 75.1 Å². The van der Waals surface area contributed by atoms with E-state index >= 15 is 0 Å². The number of urea groups is 1. The number of hydrogen-bond acceptors (Lipinski definition) is 6. The summed E-state index contributed by atoms with van der Waals surface area (Å²) in [4.78, 5) is 31.1. The number of nitrogens with one attached hydrogen (secondary N) is 1. The molecular formula is C25H32N8O. The van der Waals surface area contributed by atoms with Crippen molar-refractivity contribution in [2.24, 2.45) is 7.05 Å². The van der Waals surface area contributed by atoms with Crippen LogP contribution >= 0.6 is 0 Å². The van der Waals surface area contributed by atoms with Crippen LogP contribution in [0, 0.1) is 6.92 Å². The highest BCUT2D eigenvalue weighted by molar-refractivity contribution is 5.95. The Kier molecular flexibility index (Phi) is 5.50. The molecule has 1 aliphatic heterocycles. The average molecular weight is 461 g/mol. The number of benzene rings is 1. The zero-order chi connectivity index (χ0) is 24.0. The summed E-state index contributed by atoms with van der Waals surface area (Å²) in [6.45, 7) is 5.98. The van der Waals surface area contributed by atoms with E-state index in [0.29, 0.717) is 5.95 Å². The summed E-state index contributed by atoms with van der Waals surface area (Å²) >= 11 is 0. The Morgan fingerprint density at radius 2 is 1.74 bits per heavy atom. The van der Waals surface area contributed by atoms with Gasteiger partial charge in [-0.2, -0.15) is 10.1 Å². The van der Waals surface area contributed by atoms with E-state index in [2.05, 4.69) is 20.4 Å². The molecule has 2 amide bonds. The molecule has 1 fully saturated rings. The summed E-state index contributed by atoms with van der Waals surface area (Å²) in [5, 5.41) is 7.63. The lowest BCUT2D eigenvalue weighted by molar-refractivity contribution is 0.150. The van der Waals surface area contributed by atoms with E-state index in [1.54, 1.807) is 4.68 Å². The van der Waals surface area contributed by atoms with Crippen molar-refractivity contribution >= 4 is 23.5 Å². The number of aryl methyl sites for hydroxylation is 2. The maximum Gasteiger partial charge on any atom is 0.326 e. The minimum Gasteiger partial charge on any atom is -0.324 e. The summed E-state index contributed by atoms with van der Waals surface area (Å²) in [5.41, 5.74) is 2.34. The van der Waals surface area contributed by atoms with Crippen molar-refractivity contribution in [2.45, 2.75) is 64.5 Å². The number of anilines is 3. The molecule has 1 aliphatic carbocycles. The topological polar surface area (TPSA) is 92.1 Å². The first kappa shape index (κ1) is 22.3. The number of hydrogen-bond donors (Lipinski definition) is 1. The second kappa shape index (κ2) is 8.38. The maximum atomic E-state index is 13.4. The first-order valence-electron chi connectivity index (χ1n) is 12.0. The largest absolute Gasteiger partial charge is 0.326 e. The summed E-state index contributed by atoms with van der Waals surface area (Å²) < 4.78 is 1.78. The molecule has 1 saturated carbocycles. The van der Waals surface area contributed by atoms with Crippen LogP contribution in [-0.2, 0) is 12.6 Å². The van der Waals surface area contributed by atoms with Crippen LogP contribution in [0.25, 0.3) is 11.4 Å². The smallest absolute Gasteiger partial charge is 0.324 e. The van der Waals surface area contributed by atoms with E-state index in [1.165, 1.54) is 6.42 Å². The van der Waals surface area contributed by atoms with Crippen molar-refractivity contribution in [1.29, 1.82) is 0 Å². The number of rotatable bonds is 4. The van der Waals surface area contributed by atoms with Crippen molar-refractivity contribution in [3.8, 4) is 11.4 Å². The third-order valence-corrected chi connectivity index (χ3v) is 7.20. The average Bonchev–Trinajstić information content (AvgIpc) is 3.17.